The molecule has 0 spiro atoms. The van der Waals surface area contributed by atoms with Crippen molar-refractivity contribution in [2.24, 2.45) is 7.05 Å². The molecule has 2 rings (SSSR count). The van der Waals surface area contributed by atoms with Gasteiger partial charge in [-0.05, 0) is 24.5 Å². The Morgan fingerprint density at radius 3 is 2.80 bits per heavy atom. The fraction of sp³-hybridized carbons (Fsp3) is 0.667. The Morgan fingerprint density at radius 2 is 2.20 bits per heavy atom. The Kier molecular flexibility index (Phi) is 3.12. The molecule has 0 atom stereocenters. The van der Waals surface area contributed by atoms with E-state index in [1.54, 1.807) is 0 Å². The predicted octanol–water partition coefficient (Wildman–Crippen LogP) is 1.42. The van der Waals surface area contributed by atoms with Crippen LogP contribution in [0.2, 0.25) is 0 Å². The van der Waals surface area contributed by atoms with Crippen LogP contribution in [-0.2, 0) is 13.6 Å². The molecule has 1 aliphatic carbocycles. The highest BCUT2D eigenvalue weighted by atomic mass is 16.3. The molecule has 0 amide bonds. The number of rotatable bonds is 4. The number of aromatic nitrogens is 1. The smallest absolute Gasteiger partial charge is 0.0771 e. The molecule has 0 aromatic carbocycles. The maximum Gasteiger partial charge on any atom is 0.0771 e. The van der Waals surface area contributed by atoms with Crippen LogP contribution in [0.3, 0.4) is 0 Å². The fourth-order valence-electron chi connectivity index (χ4n) is 2.31. The van der Waals surface area contributed by atoms with Gasteiger partial charge in [0.15, 0.2) is 0 Å². The molecule has 1 aliphatic rings. The van der Waals surface area contributed by atoms with Gasteiger partial charge in [0.1, 0.15) is 0 Å². The van der Waals surface area contributed by atoms with Gasteiger partial charge in [0, 0.05) is 32.5 Å². The molecule has 1 saturated carbocycles. The van der Waals surface area contributed by atoms with Crippen LogP contribution in [0, 0.1) is 0 Å². The normalized spacial score (nSPS) is 19.6. The largest absolute Gasteiger partial charge is 0.389 e. The maximum atomic E-state index is 10.1. The number of aliphatic hydroxyl groups is 1. The van der Waals surface area contributed by atoms with Gasteiger partial charge in [-0.2, -0.15) is 0 Å². The van der Waals surface area contributed by atoms with Gasteiger partial charge in [-0.3, -0.25) is 0 Å². The molecule has 0 radical (unpaired) electrons. The van der Waals surface area contributed by atoms with Crippen molar-refractivity contribution in [1.29, 1.82) is 0 Å². The lowest BCUT2D eigenvalue weighted by Gasteiger charge is -2.22. The highest BCUT2D eigenvalue weighted by molar-refractivity contribution is 5.09. The van der Waals surface area contributed by atoms with Crippen molar-refractivity contribution in [3.05, 3.63) is 24.0 Å². The minimum absolute atomic E-state index is 0.436. The average Bonchev–Trinajstić information content (AvgIpc) is 2.76. The molecule has 1 aromatic heterocycles. The molecule has 3 nitrogen and oxygen atoms in total. The van der Waals surface area contributed by atoms with Crippen LogP contribution in [0.15, 0.2) is 18.5 Å². The van der Waals surface area contributed by atoms with Crippen molar-refractivity contribution in [2.75, 3.05) is 6.54 Å². The summed E-state index contributed by atoms with van der Waals surface area (Å²) in [5.41, 5.74) is 0.841. The van der Waals surface area contributed by atoms with E-state index in [9.17, 15) is 5.11 Å². The Labute approximate surface area is 91.1 Å². The van der Waals surface area contributed by atoms with E-state index < -0.39 is 5.60 Å². The van der Waals surface area contributed by atoms with Crippen molar-refractivity contribution in [3.63, 3.8) is 0 Å². The first kappa shape index (κ1) is 10.7. The highest BCUT2D eigenvalue weighted by Crippen LogP contribution is 2.28. The average molecular weight is 208 g/mol. The molecule has 0 bridgehead atoms. The standard InChI is InChI=1S/C12H20N2O/c1-14-7-4-11(9-14)8-13-10-12(15)5-2-3-6-12/h4,7,9,13,15H,2-3,5-6,8,10H2,1H3. The molecule has 84 valence electrons. The van der Waals surface area contributed by atoms with Crippen molar-refractivity contribution in [3.8, 4) is 0 Å². The minimum Gasteiger partial charge on any atom is -0.389 e. The summed E-state index contributed by atoms with van der Waals surface area (Å²) >= 11 is 0. The summed E-state index contributed by atoms with van der Waals surface area (Å²) in [4.78, 5) is 0. The van der Waals surface area contributed by atoms with E-state index in [-0.39, 0.29) is 0 Å². The highest BCUT2D eigenvalue weighted by Gasteiger charge is 2.30. The second kappa shape index (κ2) is 4.37. The molecule has 0 unspecified atom stereocenters. The van der Waals surface area contributed by atoms with E-state index >= 15 is 0 Å². The lowest BCUT2D eigenvalue weighted by atomic mass is 10.0. The van der Waals surface area contributed by atoms with Crippen LogP contribution in [0.1, 0.15) is 31.2 Å². The molecule has 1 heterocycles. The summed E-state index contributed by atoms with van der Waals surface area (Å²) in [6.07, 6.45) is 8.39. The molecule has 1 fully saturated rings. The van der Waals surface area contributed by atoms with E-state index in [0.29, 0.717) is 0 Å². The third-order valence-corrected chi connectivity index (χ3v) is 3.21. The first-order valence-corrected chi connectivity index (χ1v) is 5.72. The van der Waals surface area contributed by atoms with E-state index in [1.165, 1.54) is 18.4 Å². The zero-order valence-electron chi connectivity index (χ0n) is 9.37. The molecular formula is C12H20N2O. The molecule has 15 heavy (non-hydrogen) atoms. The van der Waals surface area contributed by atoms with Crippen LogP contribution in [0.25, 0.3) is 0 Å². The number of hydrogen-bond acceptors (Lipinski definition) is 2. The zero-order valence-corrected chi connectivity index (χ0v) is 9.37. The molecule has 1 aromatic rings. The summed E-state index contributed by atoms with van der Waals surface area (Å²) in [7, 11) is 2.02. The summed E-state index contributed by atoms with van der Waals surface area (Å²) in [5.74, 6) is 0. The summed E-state index contributed by atoms with van der Waals surface area (Å²) in [5, 5.41) is 13.4. The van der Waals surface area contributed by atoms with Crippen LogP contribution in [-0.4, -0.2) is 21.8 Å². The predicted molar refractivity (Wildman–Crippen MR) is 60.5 cm³/mol. The van der Waals surface area contributed by atoms with E-state index in [1.807, 2.05) is 17.8 Å². The van der Waals surface area contributed by atoms with Crippen molar-refractivity contribution < 1.29 is 5.11 Å². The van der Waals surface area contributed by atoms with Crippen molar-refractivity contribution >= 4 is 0 Å². The Hall–Kier alpha value is -0.800. The van der Waals surface area contributed by atoms with Crippen molar-refractivity contribution in [1.82, 2.24) is 9.88 Å². The molecule has 2 N–H and O–H groups in total. The van der Waals surface area contributed by atoms with Gasteiger partial charge < -0.3 is 15.0 Å². The molecule has 0 aliphatic heterocycles. The quantitative estimate of drug-likeness (QED) is 0.785. The van der Waals surface area contributed by atoms with E-state index in [2.05, 4.69) is 17.6 Å². The van der Waals surface area contributed by atoms with Crippen LogP contribution >= 0.6 is 0 Å². The zero-order chi connectivity index (χ0) is 10.7. The number of nitrogens with one attached hydrogen (secondary N) is 1. The van der Waals surface area contributed by atoms with Crippen LogP contribution < -0.4 is 5.32 Å². The van der Waals surface area contributed by atoms with Crippen molar-refractivity contribution in [2.45, 2.75) is 37.8 Å². The van der Waals surface area contributed by atoms with Gasteiger partial charge in [0.25, 0.3) is 0 Å². The molecule has 3 heteroatoms. The summed E-state index contributed by atoms with van der Waals surface area (Å²) in [6.45, 7) is 1.57. The Morgan fingerprint density at radius 1 is 1.47 bits per heavy atom. The number of hydrogen-bond donors (Lipinski definition) is 2. The monoisotopic (exact) mass is 208 g/mol. The second-order valence-electron chi connectivity index (χ2n) is 4.72. The van der Waals surface area contributed by atoms with Gasteiger partial charge in [0.2, 0.25) is 0 Å². The minimum atomic E-state index is -0.436. The third-order valence-electron chi connectivity index (χ3n) is 3.21. The first-order valence-electron chi connectivity index (χ1n) is 5.72. The topological polar surface area (TPSA) is 37.2 Å². The van der Waals surface area contributed by atoms with Crippen LogP contribution in [0.4, 0.5) is 0 Å². The first-order chi connectivity index (χ1) is 7.18. The van der Waals surface area contributed by atoms with E-state index in [4.69, 9.17) is 0 Å². The Bertz CT molecular complexity index is 313. The summed E-state index contributed by atoms with van der Waals surface area (Å²) < 4.78 is 2.04. The second-order valence-corrected chi connectivity index (χ2v) is 4.72. The maximum absolute atomic E-state index is 10.1. The lowest BCUT2D eigenvalue weighted by molar-refractivity contribution is 0.0475. The third kappa shape index (κ3) is 2.83. The van der Waals surface area contributed by atoms with E-state index in [0.717, 1.165) is 25.9 Å². The molecular weight excluding hydrogens is 188 g/mol. The fourth-order valence-corrected chi connectivity index (χ4v) is 2.31. The molecule has 0 saturated heterocycles. The van der Waals surface area contributed by atoms with Gasteiger partial charge in [-0.15, -0.1) is 0 Å². The van der Waals surface area contributed by atoms with Crippen LogP contribution in [0.5, 0.6) is 0 Å². The number of nitrogens with zero attached hydrogens (tertiary/aromatic N) is 1. The van der Waals surface area contributed by atoms with Gasteiger partial charge in [-0.25, -0.2) is 0 Å². The SMILES string of the molecule is Cn1ccc(CNCC2(O)CCCC2)c1. The number of aryl methyl sites for hydroxylation is 1. The summed E-state index contributed by atoms with van der Waals surface area (Å²) in [6, 6.07) is 2.10. The van der Waals surface area contributed by atoms with Gasteiger partial charge in [0.05, 0.1) is 5.60 Å². The van der Waals surface area contributed by atoms with Gasteiger partial charge in [-0.1, -0.05) is 12.8 Å². The Balaban J connectivity index is 1.75. The van der Waals surface area contributed by atoms with Gasteiger partial charge >= 0.3 is 0 Å². The lowest BCUT2D eigenvalue weighted by Crippen LogP contribution is -2.37.